The van der Waals surface area contributed by atoms with Crippen molar-refractivity contribution in [2.75, 3.05) is 24.6 Å². The molecule has 5 heteroatoms. The van der Waals surface area contributed by atoms with Crippen LogP contribution >= 0.6 is 11.8 Å². The Balaban J connectivity index is 1.60. The van der Waals surface area contributed by atoms with Gasteiger partial charge in [0, 0.05) is 30.9 Å². The van der Waals surface area contributed by atoms with E-state index in [9.17, 15) is 9.90 Å². The van der Waals surface area contributed by atoms with Gasteiger partial charge in [0.25, 0.3) is 5.91 Å². The van der Waals surface area contributed by atoms with Crippen LogP contribution in [0.25, 0.3) is 0 Å². The van der Waals surface area contributed by atoms with Gasteiger partial charge < -0.3 is 10.4 Å². The third kappa shape index (κ3) is 3.57. The standard InChI is InChI=1S/C18H26N2O2S/c1-17(2,12-19-16(21)18(22)8-10-23-13-18)20-9-7-14-5-3-4-6-15(14)11-20/h3-6,22H,7-13H2,1-2H3,(H,19,21). The lowest BCUT2D eigenvalue weighted by Gasteiger charge is -2.42. The van der Waals surface area contributed by atoms with Crippen LogP contribution in [0.1, 0.15) is 31.4 Å². The molecule has 1 unspecified atom stereocenters. The number of carbonyl (C=O) groups is 1. The molecule has 1 amide bonds. The number of thioether (sulfide) groups is 1. The van der Waals surface area contributed by atoms with Gasteiger partial charge in [-0.2, -0.15) is 11.8 Å². The molecule has 23 heavy (non-hydrogen) atoms. The van der Waals surface area contributed by atoms with Crippen LogP contribution in [0.15, 0.2) is 24.3 Å². The average Bonchev–Trinajstić information content (AvgIpc) is 3.00. The Bertz CT molecular complexity index is 582. The van der Waals surface area contributed by atoms with E-state index in [0.717, 1.165) is 25.3 Å². The fourth-order valence-electron chi connectivity index (χ4n) is 3.32. The van der Waals surface area contributed by atoms with E-state index >= 15 is 0 Å². The predicted molar refractivity (Wildman–Crippen MR) is 94.5 cm³/mol. The summed E-state index contributed by atoms with van der Waals surface area (Å²) in [6.07, 6.45) is 1.61. The van der Waals surface area contributed by atoms with Crippen molar-refractivity contribution in [1.29, 1.82) is 0 Å². The quantitative estimate of drug-likeness (QED) is 0.882. The van der Waals surface area contributed by atoms with Gasteiger partial charge in [-0.15, -0.1) is 0 Å². The Morgan fingerprint density at radius 1 is 1.39 bits per heavy atom. The molecule has 3 rings (SSSR count). The van der Waals surface area contributed by atoms with Crippen LogP contribution < -0.4 is 5.32 Å². The van der Waals surface area contributed by atoms with E-state index in [0.29, 0.717) is 18.7 Å². The van der Waals surface area contributed by atoms with Crippen molar-refractivity contribution in [1.82, 2.24) is 10.2 Å². The number of hydrogen-bond acceptors (Lipinski definition) is 4. The zero-order chi connectivity index (χ0) is 16.5. The number of carbonyl (C=O) groups excluding carboxylic acids is 1. The van der Waals surface area contributed by atoms with Gasteiger partial charge in [-0.3, -0.25) is 9.69 Å². The zero-order valence-corrected chi connectivity index (χ0v) is 14.8. The Labute approximate surface area is 142 Å². The van der Waals surface area contributed by atoms with Crippen molar-refractivity contribution < 1.29 is 9.90 Å². The number of nitrogens with one attached hydrogen (secondary N) is 1. The zero-order valence-electron chi connectivity index (χ0n) is 14.0. The molecular weight excluding hydrogens is 308 g/mol. The molecule has 2 aliphatic heterocycles. The molecule has 0 spiro atoms. The maximum Gasteiger partial charge on any atom is 0.252 e. The minimum atomic E-state index is -1.17. The van der Waals surface area contributed by atoms with Crippen LogP contribution in [0, 0.1) is 0 Å². The number of aliphatic hydroxyl groups is 1. The number of amides is 1. The minimum absolute atomic E-state index is 0.134. The Hall–Kier alpha value is -1.04. The number of benzene rings is 1. The summed E-state index contributed by atoms with van der Waals surface area (Å²) in [6.45, 7) is 6.80. The molecule has 0 aliphatic carbocycles. The van der Waals surface area contributed by atoms with Gasteiger partial charge in [0.05, 0.1) is 0 Å². The molecule has 2 N–H and O–H groups in total. The van der Waals surface area contributed by atoms with E-state index in [2.05, 4.69) is 48.3 Å². The number of hydrogen-bond donors (Lipinski definition) is 2. The number of rotatable bonds is 4. The molecule has 126 valence electrons. The second-order valence-corrected chi connectivity index (χ2v) is 8.37. The second-order valence-electron chi connectivity index (χ2n) is 7.27. The SMILES string of the molecule is CC(C)(CNC(=O)C1(O)CCSC1)N1CCc2ccccc2C1. The maximum atomic E-state index is 12.3. The molecule has 1 aromatic carbocycles. The summed E-state index contributed by atoms with van der Waals surface area (Å²) in [6, 6.07) is 8.58. The molecule has 1 fully saturated rings. The fraction of sp³-hybridized carbons (Fsp3) is 0.611. The molecule has 4 nitrogen and oxygen atoms in total. The smallest absolute Gasteiger partial charge is 0.252 e. The first-order chi connectivity index (χ1) is 10.9. The van der Waals surface area contributed by atoms with E-state index < -0.39 is 5.60 Å². The van der Waals surface area contributed by atoms with Gasteiger partial charge in [0.15, 0.2) is 5.60 Å². The summed E-state index contributed by atoms with van der Waals surface area (Å²) in [5, 5.41) is 13.3. The van der Waals surface area contributed by atoms with Crippen molar-refractivity contribution in [2.24, 2.45) is 0 Å². The summed E-state index contributed by atoms with van der Waals surface area (Å²) in [5.74, 6) is 1.15. The first kappa shape index (κ1) is 16.8. The minimum Gasteiger partial charge on any atom is -0.379 e. The monoisotopic (exact) mass is 334 g/mol. The summed E-state index contributed by atoms with van der Waals surface area (Å²) >= 11 is 1.64. The molecule has 0 aromatic heterocycles. The van der Waals surface area contributed by atoms with Gasteiger partial charge in [0.2, 0.25) is 0 Å². The van der Waals surface area contributed by atoms with Gasteiger partial charge in [-0.1, -0.05) is 24.3 Å². The van der Waals surface area contributed by atoms with Crippen LogP contribution in [0.4, 0.5) is 0 Å². The summed E-state index contributed by atoms with van der Waals surface area (Å²) < 4.78 is 0. The van der Waals surface area contributed by atoms with Crippen LogP contribution in [0.5, 0.6) is 0 Å². The lowest BCUT2D eigenvalue weighted by molar-refractivity contribution is -0.137. The topological polar surface area (TPSA) is 52.6 Å². The predicted octanol–water partition coefficient (Wildman–Crippen LogP) is 1.81. The van der Waals surface area contributed by atoms with Gasteiger partial charge in [0.1, 0.15) is 0 Å². The normalized spacial score (nSPS) is 25.2. The second kappa shape index (κ2) is 6.46. The molecule has 1 saturated heterocycles. The number of fused-ring (bicyclic) bond motifs is 1. The lowest BCUT2D eigenvalue weighted by Crippen LogP contribution is -2.56. The summed E-state index contributed by atoms with van der Waals surface area (Å²) in [4.78, 5) is 14.7. The van der Waals surface area contributed by atoms with Crippen LogP contribution in [0.2, 0.25) is 0 Å². The van der Waals surface area contributed by atoms with E-state index in [-0.39, 0.29) is 11.4 Å². The maximum absolute atomic E-state index is 12.3. The van der Waals surface area contributed by atoms with E-state index in [1.165, 1.54) is 11.1 Å². The summed E-state index contributed by atoms with van der Waals surface area (Å²) in [5.41, 5.74) is 1.51. The fourth-order valence-corrected chi connectivity index (χ4v) is 4.56. The molecule has 1 aromatic rings. The first-order valence-electron chi connectivity index (χ1n) is 8.31. The Morgan fingerprint density at radius 2 is 2.13 bits per heavy atom. The van der Waals surface area contributed by atoms with Crippen molar-refractivity contribution in [3.8, 4) is 0 Å². The van der Waals surface area contributed by atoms with Crippen molar-refractivity contribution in [2.45, 2.75) is 44.4 Å². The Morgan fingerprint density at radius 3 is 2.83 bits per heavy atom. The van der Waals surface area contributed by atoms with E-state index in [4.69, 9.17) is 0 Å². The average molecular weight is 334 g/mol. The molecule has 2 aliphatic rings. The molecule has 0 bridgehead atoms. The highest BCUT2D eigenvalue weighted by Gasteiger charge is 2.40. The molecular formula is C18H26N2O2S. The third-order valence-electron chi connectivity index (χ3n) is 5.09. The van der Waals surface area contributed by atoms with Crippen LogP contribution in [0.3, 0.4) is 0 Å². The first-order valence-corrected chi connectivity index (χ1v) is 9.46. The van der Waals surface area contributed by atoms with Crippen molar-refractivity contribution >= 4 is 17.7 Å². The van der Waals surface area contributed by atoms with E-state index in [1.807, 2.05) is 0 Å². The molecule has 1 atom stereocenters. The largest absolute Gasteiger partial charge is 0.379 e. The highest BCUT2D eigenvalue weighted by atomic mass is 32.2. The number of nitrogens with zero attached hydrogens (tertiary/aromatic N) is 1. The highest BCUT2D eigenvalue weighted by Crippen LogP contribution is 2.29. The molecule has 0 saturated carbocycles. The molecule has 2 heterocycles. The summed E-state index contributed by atoms with van der Waals surface area (Å²) in [7, 11) is 0. The van der Waals surface area contributed by atoms with Gasteiger partial charge in [-0.25, -0.2) is 0 Å². The highest BCUT2D eigenvalue weighted by molar-refractivity contribution is 7.99. The Kier molecular flexibility index (Phi) is 4.72. The molecule has 0 radical (unpaired) electrons. The van der Waals surface area contributed by atoms with Crippen molar-refractivity contribution in [3.63, 3.8) is 0 Å². The van der Waals surface area contributed by atoms with E-state index in [1.54, 1.807) is 11.8 Å². The lowest BCUT2D eigenvalue weighted by atomic mass is 9.93. The third-order valence-corrected chi connectivity index (χ3v) is 6.27. The van der Waals surface area contributed by atoms with Crippen LogP contribution in [-0.4, -0.2) is 51.6 Å². The van der Waals surface area contributed by atoms with Gasteiger partial charge in [-0.05, 0) is 43.6 Å². The van der Waals surface area contributed by atoms with Crippen LogP contribution in [-0.2, 0) is 17.8 Å². The van der Waals surface area contributed by atoms with Crippen molar-refractivity contribution in [3.05, 3.63) is 35.4 Å². The van der Waals surface area contributed by atoms with Gasteiger partial charge >= 0.3 is 0 Å².